The van der Waals surface area contributed by atoms with Crippen molar-refractivity contribution in [3.8, 4) is 0 Å². The maximum absolute atomic E-state index is 13.8. The Morgan fingerprint density at radius 2 is 2.00 bits per heavy atom. The second-order valence-electron chi connectivity index (χ2n) is 4.45. The number of halogens is 1. The molecule has 0 spiro atoms. The van der Waals surface area contributed by atoms with E-state index >= 15 is 0 Å². The second-order valence-corrected chi connectivity index (χ2v) is 4.45. The maximum Gasteiger partial charge on any atom is 0.127 e. The van der Waals surface area contributed by atoms with E-state index in [1.165, 1.54) is 18.4 Å². The fraction of sp³-hybridized carbons (Fsp3) is 0.500. The molecule has 0 saturated heterocycles. The minimum atomic E-state index is -0.0739. The van der Waals surface area contributed by atoms with Gasteiger partial charge in [0.05, 0.1) is 0 Å². The lowest BCUT2D eigenvalue weighted by molar-refractivity contribution is 0.580. The molecule has 1 rings (SSSR count). The molecule has 1 heteroatoms. The molecule has 0 saturated carbocycles. The standard InChI is InChI=1S/C16H23F/c1-4-7-10-13(5-2)14(6-3)15-11-8-9-12-16(15)17/h5,8-9,11-12,14H,4,6-7,10H2,1-3H3/b13-5-. The van der Waals surface area contributed by atoms with Gasteiger partial charge in [-0.2, -0.15) is 0 Å². The van der Waals surface area contributed by atoms with Crippen LogP contribution in [-0.2, 0) is 0 Å². The van der Waals surface area contributed by atoms with Gasteiger partial charge in [0.1, 0.15) is 5.82 Å². The molecule has 0 amide bonds. The first kappa shape index (κ1) is 14.0. The summed E-state index contributed by atoms with van der Waals surface area (Å²) in [6.07, 6.45) is 6.58. The highest BCUT2D eigenvalue weighted by Gasteiger charge is 2.16. The van der Waals surface area contributed by atoms with Crippen molar-refractivity contribution in [2.24, 2.45) is 0 Å². The third-order valence-corrected chi connectivity index (χ3v) is 3.33. The van der Waals surface area contributed by atoms with Crippen molar-refractivity contribution >= 4 is 0 Å². The predicted molar refractivity (Wildman–Crippen MR) is 72.7 cm³/mol. The Balaban J connectivity index is 2.94. The summed E-state index contributed by atoms with van der Waals surface area (Å²) < 4.78 is 13.8. The number of rotatable bonds is 6. The molecule has 1 atom stereocenters. The summed E-state index contributed by atoms with van der Waals surface area (Å²) in [5.41, 5.74) is 2.22. The molecule has 1 aromatic carbocycles. The van der Waals surface area contributed by atoms with Crippen molar-refractivity contribution < 1.29 is 4.39 Å². The highest BCUT2D eigenvalue weighted by atomic mass is 19.1. The van der Waals surface area contributed by atoms with Crippen LogP contribution >= 0.6 is 0 Å². The lowest BCUT2D eigenvalue weighted by atomic mass is 9.85. The van der Waals surface area contributed by atoms with Gasteiger partial charge < -0.3 is 0 Å². The van der Waals surface area contributed by atoms with Crippen LogP contribution in [0.1, 0.15) is 57.9 Å². The summed E-state index contributed by atoms with van der Waals surface area (Å²) in [5, 5.41) is 0. The van der Waals surface area contributed by atoms with Gasteiger partial charge in [0, 0.05) is 5.92 Å². The first-order chi connectivity index (χ1) is 8.24. The molecule has 0 bridgehead atoms. The molecule has 0 aliphatic heterocycles. The molecule has 0 aromatic heterocycles. The van der Waals surface area contributed by atoms with E-state index in [4.69, 9.17) is 0 Å². The van der Waals surface area contributed by atoms with Gasteiger partial charge in [-0.3, -0.25) is 0 Å². The molecule has 1 unspecified atom stereocenters. The molecule has 0 aliphatic rings. The summed E-state index contributed by atoms with van der Waals surface area (Å²) in [7, 11) is 0. The van der Waals surface area contributed by atoms with Crippen molar-refractivity contribution in [2.45, 2.75) is 52.4 Å². The van der Waals surface area contributed by atoms with E-state index in [9.17, 15) is 4.39 Å². The van der Waals surface area contributed by atoms with Crippen molar-refractivity contribution in [2.75, 3.05) is 0 Å². The Kier molecular flexibility index (Phi) is 5.96. The molecule has 17 heavy (non-hydrogen) atoms. The zero-order valence-electron chi connectivity index (χ0n) is 11.2. The van der Waals surface area contributed by atoms with Gasteiger partial charge in [-0.25, -0.2) is 4.39 Å². The molecule has 0 fully saturated rings. The lowest BCUT2D eigenvalue weighted by Crippen LogP contribution is -2.04. The van der Waals surface area contributed by atoms with Crippen LogP contribution in [0, 0.1) is 5.82 Å². The normalized spacial score (nSPS) is 13.8. The van der Waals surface area contributed by atoms with Crippen LogP contribution in [0.2, 0.25) is 0 Å². The van der Waals surface area contributed by atoms with E-state index in [0.29, 0.717) is 0 Å². The highest BCUT2D eigenvalue weighted by molar-refractivity contribution is 5.30. The van der Waals surface area contributed by atoms with Gasteiger partial charge >= 0.3 is 0 Å². The SMILES string of the molecule is C/C=C(/CCCC)C(CC)c1ccccc1F. The van der Waals surface area contributed by atoms with E-state index < -0.39 is 0 Å². The largest absolute Gasteiger partial charge is 0.207 e. The zero-order chi connectivity index (χ0) is 12.7. The van der Waals surface area contributed by atoms with Crippen LogP contribution < -0.4 is 0 Å². The number of hydrogen-bond donors (Lipinski definition) is 0. The van der Waals surface area contributed by atoms with Gasteiger partial charge in [-0.15, -0.1) is 0 Å². The Morgan fingerprint density at radius 1 is 1.29 bits per heavy atom. The van der Waals surface area contributed by atoms with E-state index in [1.807, 2.05) is 12.1 Å². The van der Waals surface area contributed by atoms with Gasteiger partial charge in [-0.05, 0) is 37.8 Å². The number of allylic oxidation sites excluding steroid dienone is 2. The molecule has 1 aromatic rings. The molecule has 0 heterocycles. The Bertz CT molecular complexity index is 366. The molecular weight excluding hydrogens is 211 g/mol. The van der Waals surface area contributed by atoms with Crippen LogP contribution in [0.5, 0.6) is 0 Å². The zero-order valence-corrected chi connectivity index (χ0v) is 11.2. The molecule has 0 N–H and O–H groups in total. The number of unbranched alkanes of at least 4 members (excludes halogenated alkanes) is 1. The quantitative estimate of drug-likeness (QED) is 0.574. The van der Waals surface area contributed by atoms with E-state index in [2.05, 4.69) is 26.8 Å². The minimum absolute atomic E-state index is 0.0739. The second kappa shape index (κ2) is 7.26. The van der Waals surface area contributed by atoms with Gasteiger partial charge in [-0.1, -0.05) is 50.1 Å². The minimum Gasteiger partial charge on any atom is -0.207 e. The molecule has 0 aliphatic carbocycles. The Morgan fingerprint density at radius 3 is 2.53 bits per heavy atom. The highest BCUT2D eigenvalue weighted by Crippen LogP contribution is 2.32. The maximum atomic E-state index is 13.8. The third kappa shape index (κ3) is 3.69. The average Bonchev–Trinajstić information content (AvgIpc) is 2.36. The van der Waals surface area contributed by atoms with Crippen LogP contribution in [-0.4, -0.2) is 0 Å². The van der Waals surface area contributed by atoms with Crippen LogP contribution in [0.4, 0.5) is 4.39 Å². The third-order valence-electron chi connectivity index (χ3n) is 3.33. The molecule has 0 radical (unpaired) electrons. The monoisotopic (exact) mass is 234 g/mol. The topological polar surface area (TPSA) is 0 Å². The Hall–Kier alpha value is -1.11. The van der Waals surface area contributed by atoms with Crippen LogP contribution in [0.3, 0.4) is 0 Å². The van der Waals surface area contributed by atoms with Crippen molar-refractivity contribution in [3.05, 3.63) is 47.3 Å². The Labute approximate surface area is 105 Å². The van der Waals surface area contributed by atoms with Gasteiger partial charge in [0.15, 0.2) is 0 Å². The van der Waals surface area contributed by atoms with Crippen molar-refractivity contribution in [1.82, 2.24) is 0 Å². The van der Waals surface area contributed by atoms with E-state index in [1.54, 1.807) is 12.1 Å². The first-order valence-electron chi connectivity index (χ1n) is 6.64. The van der Waals surface area contributed by atoms with Crippen LogP contribution in [0.15, 0.2) is 35.9 Å². The molecule has 94 valence electrons. The number of benzene rings is 1. The fourth-order valence-electron chi connectivity index (χ4n) is 2.34. The predicted octanol–water partition coefficient (Wildman–Crippen LogP) is 5.46. The fourth-order valence-corrected chi connectivity index (χ4v) is 2.34. The summed E-state index contributed by atoms with van der Waals surface area (Å²) >= 11 is 0. The van der Waals surface area contributed by atoms with Crippen molar-refractivity contribution in [1.29, 1.82) is 0 Å². The van der Waals surface area contributed by atoms with Crippen LogP contribution in [0.25, 0.3) is 0 Å². The lowest BCUT2D eigenvalue weighted by Gasteiger charge is -2.20. The summed E-state index contributed by atoms with van der Waals surface area (Å²) in [6, 6.07) is 7.16. The van der Waals surface area contributed by atoms with E-state index in [-0.39, 0.29) is 11.7 Å². The summed E-state index contributed by atoms with van der Waals surface area (Å²) in [4.78, 5) is 0. The summed E-state index contributed by atoms with van der Waals surface area (Å²) in [5.74, 6) is 0.169. The van der Waals surface area contributed by atoms with Gasteiger partial charge in [0.25, 0.3) is 0 Å². The smallest absolute Gasteiger partial charge is 0.127 e. The van der Waals surface area contributed by atoms with Gasteiger partial charge in [0.2, 0.25) is 0 Å². The number of hydrogen-bond acceptors (Lipinski definition) is 0. The van der Waals surface area contributed by atoms with E-state index in [0.717, 1.165) is 18.4 Å². The molecule has 0 nitrogen and oxygen atoms in total. The summed E-state index contributed by atoms with van der Waals surface area (Å²) in [6.45, 7) is 6.39. The molecular formula is C16H23F. The first-order valence-corrected chi connectivity index (χ1v) is 6.64. The van der Waals surface area contributed by atoms with Crippen molar-refractivity contribution in [3.63, 3.8) is 0 Å². The average molecular weight is 234 g/mol.